The molecule has 0 atom stereocenters. The van der Waals surface area contributed by atoms with Crippen molar-refractivity contribution in [2.24, 2.45) is 0 Å². The molecule has 6 aromatic carbocycles. The van der Waals surface area contributed by atoms with Crippen LogP contribution in [0.15, 0.2) is 186 Å². The Hall–Kier alpha value is -14.7. The molecule has 33 nitrogen and oxygen atoms in total. The van der Waals surface area contributed by atoms with Gasteiger partial charge in [0.2, 0.25) is 41.6 Å². The molecule has 5 fully saturated rings. The summed E-state index contributed by atoms with van der Waals surface area (Å²) in [7, 11) is 3.25. The number of aryl methyl sites for hydroxylation is 3. The molecule has 44 heteroatoms. The molecule has 8 aliphatic rings. The lowest BCUT2D eigenvalue weighted by Crippen LogP contribution is -2.36. The molecule has 3 amide bonds. The number of nitrogens with one attached hydrogen (secondary N) is 14. The minimum absolute atomic E-state index is 0.0277. The number of methoxy groups -OCH3 is 1. The molecule has 2 saturated heterocycles. The van der Waals surface area contributed by atoms with Crippen molar-refractivity contribution in [1.29, 1.82) is 0 Å². The first kappa shape index (κ1) is 97.0. The first-order valence-corrected chi connectivity index (χ1v) is 46.9. The van der Waals surface area contributed by atoms with E-state index in [1.165, 1.54) is 30.6 Å². The number of benzene rings is 6. The molecule has 21 rings (SSSR count). The zero-order valence-corrected chi connectivity index (χ0v) is 78.6. The maximum atomic E-state index is 13.1. The van der Waals surface area contributed by atoms with Crippen molar-refractivity contribution in [3.8, 4) is 11.5 Å². The fourth-order valence-electron chi connectivity index (χ4n) is 15.5. The summed E-state index contributed by atoms with van der Waals surface area (Å²) in [5, 5.41) is 39.7. The quantitative estimate of drug-likeness (QED) is 0.0250. The van der Waals surface area contributed by atoms with Gasteiger partial charge in [-0.15, -0.1) is 0 Å². The van der Waals surface area contributed by atoms with Gasteiger partial charge >= 0.3 is 18.5 Å². The fourth-order valence-corrected chi connectivity index (χ4v) is 16.1. The van der Waals surface area contributed by atoms with Crippen molar-refractivity contribution < 1.29 is 68.1 Å². The number of carbonyl (C=O) groups excluding carboxylic acids is 3. The number of alkyl halides is 9. The van der Waals surface area contributed by atoms with E-state index in [9.17, 15) is 53.9 Å². The Balaban J connectivity index is 0.000000122. The van der Waals surface area contributed by atoms with Crippen LogP contribution in [0.5, 0.6) is 11.5 Å². The van der Waals surface area contributed by atoms with E-state index in [1.54, 1.807) is 63.2 Å². The number of nitrogens with zero attached hydrogens (tertiary/aromatic N) is 13. The molecule has 5 aliphatic heterocycles. The van der Waals surface area contributed by atoms with E-state index < -0.39 is 35.2 Å². The van der Waals surface area contributed by atoms with Gasteiger partial charge < -0.3 is 98.1 Å². The van der Waals surface area contributed by atoms with Crippen LogP contribution in [-0.4, -0.2) is 156 Å². The Kier molecular flexibility index (Phi) is 30.2. The van der Waals surface area contributed by atoms with Crippen LogP contribution < -0.4 is 88.4 Å². The van der Waals surface area contributed by atoms with Gasteiger partial charge in [0.15, 0.2) is 0 Å². The number of H-pyrrole nitrogens is 1. The highest BCUT2D eigenvalue weighted by Gasteiger charge is 2.40. The number of halogens is 11. The minimum atomic E-state index is -4.51. The summed E-state index contributed by atoms with van der Waals surface area (Å²) in [4.78, 5) is 88.8. The number of para-hydroxylation sites is 1. The van der Waals surface area contributed by atoms with E-state index in [0.29, 0.717) is 76.5 Å². The van der Waals surface area contributed by atoms with Gasteiger partial charge in [-0.2, -0.15) is 64.4 Å². The van der Waals surface area contributed by atoms with E-state index in [4.69, 9.17) is 19.2 Å². The van der Waals surface area contributed by atoms with E-state index in [0.717, 1.165) is 194 Å². The highest BCUT2D eigenvalue weighted by molar-refractivity contribution is 9.11. The minimum Gasteiger partial charge on any atom is -0.497 e. The second-order valence-electron chi connectivity index (χ2n) is 33.8. The summed E-state index contributed by atoms with van der Waals surface area (Å²) in [6.07, 6.45) is 8.51. The lowest BCUT2D eigenvalue weighted by atomic mass is 10.0. The third-order valence-electron chi connectivity index (χ3n) is 23.1. The Labute approximate surface area is 813 Å². The fraction of sp³-hybridized carbons (Fsp3) is 0.312. The molecule has 7 aromatic heterocycles. The van der Waals surface area contributed by atoms with Gasteiger partial charge in [0, 0.05) is 164 Å². The van der Waals surface area contributed by atoms with E-state index >= 15 is 0 Å². The number of rotatable bonds is 24. The monoisotopic (exact) mass is 2050 g/mol. The molecule has 728 valence electrons. The summed E-state index contributed by atoms with van der Waals surface area (Å²) in [5.41, 5.74) is 11.1. The molecule has 0 spiro atoms. The summed E-state index contributed by atoms with van der Waals surface area (Å²) in [5.74, 6) is 3.32. The highest BCUT2D eigenvalue weighted by Crippen LogP contribution is 2.43. The number of fused-ring (bicyclic) bond motifs is 4. The molecule has 3 aliphatic carbocycles. The van der Waals surface area contributed by atoms with Crippen LogP contribution in [0, 0.1) is 0 Å². The average Bonchev–Trinajstić information content (AvgIpc) is 1.50. The molecule has 14 N–H and O–H groups in total. The van der Waals surface area contributed by atoms with Crippen molar-refractivity contribution in [1.82, 2.24) is 65.1 Å². The van der Waals surface area contributed by atoms with E-state index in [-0.39, 0.29) is 71.1 Å². The maximum Gasteiger partial charge on any atom is 0.421 e. The molecule has 0 bridgehead atoms. The average molecular weight is 2050 g/mol. The largest absolute Gasteiger partial charge is 0.497 e. The summed E-state index contributed by atoms with van der Waals surface area (Å²) >= 11 is 7.02. The van der Waals surface area contributed by atoms with Crippen molar-refractivity contribution >= 4 is 182 Å². The Morgan fingerprint density at radius 1 is 0.436 bits per heavy atom. The molecule has 13 aromatic rings. The van der Waals surface area contributed by atoms with Crippen molar-refractivity contribution in [3.63, 3.8) is 0 Å². The second-order valence-corrected chi connectivity index (χ2v) is 35.5. The van der Waals surface area contributed by atoms with Gasteiger partial charge in [-0.05, 0) is 241 Å². The van der Waals surface area contributed by atoms with Crippen molar-refractivity contribution in [2.45, 2.75) is 133 Å². The van der Waals surface area contributed by atoms with Crippen LogP contribution in [0.4, 0.5) is 161 Å². The van der Waals surface area contributed by atoms with Crippen LogP contribution in [0.3, 0.4) is 0 Å². The number of carbonyl (C=O) groups is 3. The van der Waals surface area contributed by atoms with Crippen LogP contribution in [0.1, 0.15) is 121 Å². The zero-order valence-electron chi connectivity index (χ0n) is 75.5. The van der Waals surface area contributed by atoms with Crippen molar-refractivity contribution in [2.75, 3.05) is 134 Å². The SMILES string of the molecule is CNC(=O)c1ccccc1Nc1nc(Nc2cc(N3CCCCC3)cc(N3CCOCC3)c2)ncc1Br.COc1cccc(Nc2nc(Nc3ccc4c(c3)CCC(=O)N4)ncc2Br)c1.FC(F)(F)c1cnc(Nc2ccc3c(c2)CCCO3)nc1NC1CC1.FC(F)(F)c1cnc(Nc2cnc3[nH]ccc3c2)nc1NC1CC1.O=C1CCc2cc(Nc3ncc(C(F)(F)F)c(NC4CC4)n3)ccc2N1. The molecule has 140 heavy (non-hydrogen) atoms. The lowest BCUT2D eigenvalue weighted by Gasteiger charge is -2.33. The third kappa shape index (κ3) is 26.2. The number of piperidine rings is 1. The number of pyridine rings is 1. The summed E-state index contributed by atoms with van der Waals surface area (Å²) in [6, 6.07) is 42.0. The van der Waals surface area contributed by atoms with Gasteiger partial charge in [-0.3, -0.25) is 14.4 Å². The normalized spacial score (nSPS) is 15.3. The van der Waals surface area contributed by atoms with Gasteiger partial charge in [0.1, 0.15) is 62.9 Å². The predicted molar refractivity (Wildman–Crippen MR) is 525 cm³/mol. The topological polar surface area (TPSA) is 399 Å². The van der Waals surface area contributed by atoms with Gasteiger partial charge in [-0.1, -0.05) is 18.2 Å². The van der Waals surface area contributed by atoms with Crippen LogP contribution >= 0.6 is 31.9 Å². The van der Waals surface area contributed by atoms with Crippen LogP contribution in [-0.2, 0) is 52.1 Å². The highest BCUT2D eigenvalue weighted by atomic mass is 79.9. The number of aromatic nitrogens is 12. The van der Waals surface area contributed by atoms with Crippen molar-refractivity contribution in [3.05, 3.63) is 225 Å². The van der Waals surface area contributed by atoms with Gasteiger partial charge in [0.05, 0.1) is 59.0 Å². The summed E-state index contributed by atoms with van der Waals surface area (Å²) < 4.78 is 136. The molecule has 3 saturated carbocycles. The van der Waals surface area contributed by atoms with E-state index in [1.807, 2.05) is 91.0 Å². The molecular formula is C96H96Br2F9N27O6. The number of ether oxygens (including phenoxy) is 3. The predicted octanol–water partition coefficient (Wildman–Crippen LogP) is 21.1. The molecular weight excluding hydrogens is 1960 g/mol. The first-order valence-electron chi connectivity index (χ1n) is 45.4. The smallest absolute Gasteiger partial charge is 0.421 e. The van der Waals surface area contributed by atoms with Gasteiger partial charge in [0.25, 0.3) is 5.91 Å². The zero-order chi connectivity index (χ0) is 97.6. The van der Waals surface area contributed by atoms with E-state index in [2.05, 4.69) is 184 Å². The molecule has 12 heterocycles. The number of amides is 3. The number of hydrogen-bond acceptors (Lipinski definition) is 29. The number of anilines is 21. The Morgan fingerprint density at radius 3 is 1.42 bits per heavy atom. The maximum absolute atomic E-state index is 13.1. The van der Waals surface area contributed by atoms with Gasteiger partial charge in [-0.25, -0.2) is 29.9 Å². The number of aromatic amines is 1. The standard InChI is InChI=1S/C27H32BrN7O2.C20H18BrN5O2.C17H16F3N5O.C17H17F3N4O.C15H13F3N6/c1-29-26(36)22-7-3-4-8-24(22)32-25-23(28)18-30-27(33-25)31-19-15-20(34-9-5-2-6-10-34)17-21(16-19)35-11-13-37-14-12-35;1-28-15-4-2-3-13(10-15)23-19-16(21)11-22-20(26-19)24-14-6-7-17-12(9-14)5-8-18(27)25-17;18-17(19,20)12-8-21-16(25-15(12)22-10-2-3-10)23-11-4-5-13-9(7-11)1-6-14(26)24-13;18-17(19,20)13-9-21-16(24-15(13)22-11-3-4-11)23-12-5-6-14-10(8-12)2-1-7-25-14;16-15(17,18)11-7-21-14(24-13(11)22-9-1-2-9)23-10-5-8-3-4-19-12(8)20-6-10/h3-4,7-8,15-18H,2,5-6,9-14H2,1H3,(H,29,36)(H2,30,31,32,33);2-4,6-7,9-11H,5,8H2,1H3,(H,25,27)(H2,22,23,24,26);4-5,7-8,10H,1-3,6H2,(H,24,26)(H2,21,22,23,25);5-6,8-9,11H,1-4,7H2,(H2,21,22,23,24);3-7,9H,1-2H2,(H,19,20)(H2,21,22,23,24). The first-order chi connectivity index (χ1) is 67.6. The lowest BCUT2D eigenvalue weighted by molar-refractivity contribution is -0.138. The summed E-state index contributed by atoms with van der Waals surface area (Å²) in [6.45, 7) is 6.06. The third-order valence-corrected chi connectivity index (χ3v) is 24.3. The molecule has 0 unspecified atom stereocenters. The molecule has 0 radical (unpaired) electrons. The Bertz CT molecular complexity index is 6610. The van der Waals surface area contributed by atoms with Crippen LogP contribution in [0.2, 0.25) is 0 Å². The van der Waals surface area contributed by atoms with Crippen LogP contribution in [0.25, 0.3) is 11.0 Å². The number of morpholine rings is 1. The second kappa shape index (κ2) is 43.6. The Morgan fingerprint density at radius 2 is 0.907 bits per heavy atom. The number of hydrogen-bond donors (Lipinski definition) is 14.